The maximum absolute atomic E-state index is 12.5. The average Bonchev–Trinajstić information content (AvgIpc) is 2.35. The zero-order valence-corrected chi connectivity index (χ0v) is 13.1. The van der Waals surface area contributed by atoms with Crippen LogP contribution in [0.5, 0.6) is 0 Å². The Morgan fingerprint density at radius 3 is 2.84 bits per heavy atom. The molecule has 0 aromatic heterocycles. The van der Waals surface area contributed by atoms with E-state index >= 15 is 0 Å². The molecule has 1 aromatic carbocycles. The van der Waals surface area contributed by atoms with Gasteiger partial charge in [-0.2, -0.15) is 0 Å². The third-order valence-corrected chi connectivity index (χ3v) is 4.87. The van der Waals surface area contributed by atoms with Gasteiger partial charge in [-0.25, -0.2) is 0 Å². The summed E-state index contributed by atoms with van der Waals surface area (Å²) in [7, 11) is 0. The number of carbonyl (C=O) groups is 1. The lowest BCUT2D eigenvalue weighted by Gasteiger charge is -2.46. The van der Waals surface area contributed by atoms with Crippen LogP contribution in [0.1, 0.15) is 32.3 Å². The fourth-order valence-corrected chi connectivity index (χ4v) is 3.08. The van der Waals surface area contributed by atoms with E-state index in [-0.39, 0.29) is 17.5 Å². The Morgan fingerprint density at radius 2 is 2.16 bits per heavy atom. The van der Waals surface area contributed by atoms with Crippen molar-refractivity contribution >= 4 is 21.8 Å². The smallest absolute Gasteiger partial charge is 0.227 e. The van der Waals surface area contributed by atoms with Gasteiger partial charge in [0.2, 0.25) is 5.91 Å². The van der Waals surface area contributed by atoms with E-state index in [9.17, 15) is 4.79 Å². The number of halogens is 1. The Kier molecular flexibility index (Phi) is 4.31. The van der Waals surface area contributed by atoms with Crippen LogP contribution in [0.4, 0.5) is 0 Å². The molecule has 4 heteroatoms. The van der Waals surface area contributed by atoms with Crippen LogP contribution in [0.25, 0.3) is 0 Å². The van der Waals surface area contributed by atoms with Crippen molar-refractivity contribution in [2.45, 2.75) is 44.7 Å². The monoisotopic (exact) mass is 324 g/mol. The Hall–Kier alpha value is -0.870. The van der Waals surface area contributed by atoms with Gasteiger partial charge < -0.3 is 10.6 Å². The van der Waals surface area contributed by atoms with Gasteiger partial charge in [0.15, 0.2) is 0 Å². The summed E-state index contributed by atoms with van der Waals surface area (Å²) in [6.07, 6.45) is 2.41. The number of nitrogens with two attached hydrogens (primary N) is 1. The van der Waals surface area contributed by atoms with Crippen LogP contribution in [-0.2, 0) is 11.2 Å². The highest BCUT2D eigenvalue weighted by Crippen LogP contribution is 2.28. The van der Waals surface area contributed by atoms with Crippen LogP contribution < -0.4 is 5.73 Å². The normalized spacial score (nSPS) is 22.3. The summed E-state index contributed by atoms with van der Waals surface area (Å²) in [5.74, 6) is 0.159. The van der Waals surface area contributed by atoms with Gasteiger partial charge in [0.1, 0.15) is 0 Å². The van der Waals surface area contributed by atoms with Crippen LogP contribution in [0.2, 0.25) is 0 Å². The van der Waals surface area contributed by atoms with Crippen molar-refractivity contribution in [2.75, 3.05) is 6.54 Å². The van der Waals surface area contributed by atoms with Gasteiger partial charge in [0.05, 0.1) is 12.0 Å². The van der Waals surface area contributed by atoms with Crippen molar-refractivity contribution in [2.24, 2.45) is 5.73 Å². The molecule has 2 rings (SSSR count). The van der Waals surface area contributed by atoms with Crippen LogP contribution in [0.3, 0.4) is 0 Å². The molecule has 1 atom stereocenters. The van der Waals surface area contributed by atoms with Gasteiger partial charge in [0.25, 0.3) is 0 Å². The van der Waals surface area contributed by atoms with Crippen molar-refractivity contribution in [3.63, 3.8) is 0 Å². The van der Waals surface area contributed by atoms with E-state index < -0.39 is 0 Å². The molecule has 2 N–H and O–H groups in total. The summed E-state index contributed by atoms with van der Waals surface area (Å²) in [5, 5.41) is 0. The molecule has 1 amide bonds. The van der Waals surface area contributed by atoms with Crippen LogP contribution in [0, 0.1) is 0 Å². The van der Waals surface area contributed by atoms with Gasteiger partial charge in [-0.15, -0.1) is 0 Å². The Bertz CT molecular complexity index is 473. The number of rotatable bonds is 2. The molecule has 1 aliphatic rings. The highest BCUT2D eigenvalue weighted by atomic mass is 79.9. The molecule has 0 bridgehead atoms. The molecule has 0 saturated carbocycles. The third kappa shape index (κ3) is 3.00. The van der Waals surface area contributed by atoms with E-state index in [2.05, 4.69) is 29.8 Å². The maximum Gasteiger partial charge on any atom is 0.227 e. The van der Waals surface area contributed by atoms with E-state index in [4.69, 9.17) is 5.73 Å². The molecule has 1 fully saturated rings. The van der Waals surface area contributed by atoms with Crippen molar-refractivity contribution < 1.29 is 4.79 Å². The van der Waals surface area contributed by atoms with Crippen molar-refractivity contribution in [3.8, 4) is 0 Å². The molecule has 19 heavy (non-hydrogen) atoms. The second kappa shape index (κ2) is 5.63. The first-order chi connectivity index (χ1) is 8.93. The van der Waals surface area contributed by atoms with Gasteiger partial charge in [0, 0.05) is 17.1 Å². The number of piperidine rings is 1. The van der Waals surface area contributed by atoms with Gasteiger partial charge in [-0.1, -0.05) is 34.1 Å². The molecule has 0 aliphatic carbocycles. The zero-order valence-electron chi connectivity index (χ0n) is 11.5. The molecule has 104 valence electrons. The third-order valence-electron chi connectivity index (χ3n) is 4.10. The first-order valence-electron chi connectivity index (χ1n) is 6.72. The number of nitrogens with zero attached hydrogens (tertiary/aromatic N) is 1. The molecule has 1 heterocycles. The first kappa shape index (κ1) is 14.5. The summed E-state index contributed by atoms with van der Waals surface area (Å²) < 4.78 is 0.988. The summed E-state index contributed by atoms with van der Waals surface area (Å²) >= 11 is 3.49. The van der Waals surface area contributed by atoms with Crippen LogP contribution in [0.15, 0.2) is 28.7 Å². The molecule has 1 aliphatic heterocycles. The summed E-state index contributed by atoms with van der Waals surface area (Å²) in [5.41, 5.74) is 6.94. The topological polar surface area (TPSA) is 46.3 Å². The SMILES string of the molecule is CC1(C)C(N)CCCN1C(=O)Cc1ccccc1Br. The zero-order chi connectivity index (χ0) is 14.0. The lowest BCUT2D eigenvalue weighted by Crippen LogP contribution is -2.61. The van der Waals surface area contributed by atoms with Gasteiger partial charge >= 0.3 is 0 Å². The number of benzene rings is 1. The van der Waals surface area contributed by atoms with E-state index in [1.165, 1.54) is 0 Å². The summed E-state index contributed by atoms with van der Waals surface area (Å²) in [6, 6.07) is 7.93. The number of hydrogen-bond acceptors (Lipinski definition) is 2. The average molecular weight is 325 g/mol. The Labute approximate surface area is 123 Å². The fraction of sp³-hybridized carbons (Fsp3) is 0.533. The minimum Gasteiger partial charge on any atom is -0.336 e. The lowest BCUT2D eigenvalue weighted by molar-refractivity contribution is -0.138. The minimum atomic E-state index is -0.253. The lowest BCUT2D eigenvalue weighted by atomic mass is 9.85. The highest BCUT2D eigenvalue weighted by Gasteiger charge is 2.38. The second-order valence-corrected chi connectivity index (χ2v) is 6.57. The Balaban J connectivity index is 2.14. The van der Waals surface area contributed by atoms with E-state index in [1.54, 1.807) is 0 Å². The fourth-order valence-electron chi connectivity index (χ4n) is 2.66. The maximum atomic E-state index is 12.5. The minimum absolute atomic E-state index is 0.0596. The molecular formula is C15H21BrN2O. The number of carbonyl (C=O) groups excluding carboxylic acids is 1. The molecule has 1 saturated heterocycles. The van der Waals surface area contributed by atoms with E-state index in [0.29, 0.717) is 6.42 Å². The second-order valence-electron chi connectivity index (χ2n) is 5.72. The quantitative estimate of drug-likeness (QED) is 0.909. The van der Waals surface area contributed by atoms with Crippen molar-refractivity contribution in [1.29, 1.82) is 0 Å². The molecular weight excluding hydrogens is 304 g/mol. The summed E-state index contributed by atoms with van der Waals surface area (Å²) in [4.78, 5) is 14.5. The van der Waals surface area contributed by atoms with Gasteiger partial charge in [-0.3, -0.25) is 4.79 Å². The highest BCUT2D eigenvalue weighted by molar-refractivity contribution is 9.10. The molecule has 0 spiro atoms. The number of likely N-dealkylation sites (tertiary alicyclic amines) is 1. The largest absolute Gasteiger partial charge is 0.336 e. The van der Waals surface area contributed by atoms with Crippen molar-refractivity contribution in [1.82, 2.24) is 4.90 Å². The number of amides is 1. The Morgan fingerprint density at radius 1 is 1.47 bits per heavy atom. The summed E-state index contributed by atoms with van der Waals surface area (Å²) in [6.45, 7) is 4.94. The van der Waals surface area contributed by atoms with Gasteiger partial charge in [-0.05, 0) is 38.3 Å². The van der Waals surface area contributed by atoms with E-state index in [0.717, 1.165) is 29.4 Å². The standard InChI is InChI=1S/C15H21BrN2O/c1-15(2)13(17)8-5-9-18(15)14(19)10-11-6-3-4-7-12(11)16/h3-4,6-7,13H,5,8-10,17H2,1-2H3. The molecule has 1 aromatic rings. The molecule has 0 radical (unpaired) electrons. The van der Waals surface area contributed by atoms with Crippen LogP contribution in [-0.4, -0.2) is 28.9 Å². The van der Waals surface area contributed by atoms with E-state index in [1.807, 2.05) is 29.2 Å². The number of hydrogen-bond donors (Lipinski definition) is 1. The van der Waals surface area contributed by atoms with Crippen molar-refractivity contribution in [3.05, 3.63) is 34.3 Å². The molecule has 1 unspecified atom stereocenters. The predicted molar refractivity (Wildman–Crippen MR) is 80.8 cm³/mol. The first-order valence-corrected chi connectivity index (χ1v) is 7.51. The van der Waals surface area contributed by atoms with Crippen LogP contribution >= 0.6 is 15.9 Å². The molecule has 3 nitrogen and oxygen atoms in total. The predicted octanol–water partition coefficient (Wildman–Crippen LogP) is 2.72.